The molecule has 0 spiro atoms. The molecule has 0 amide bonds. The molecule has 1 rings (SSSR count). The van der Waals surface area contributed by atoms with Crippen molar-refractivity contribution in [3.63, 3.8) is 0 Å². The van der Waals surface area contributed by atoms with Crippen LogP contribution >= 0.6 is 0 Å². The number of hydrogen-bond acceptors (Lipinski definition) is 4. The van der Waals surface area contributed by atoms with Gasteiger partial charge in [0.25, 0.3) is 0 Å². The zero-order chi connectivity index (χ0) is 11.0. The van der Waals surface area contributed by atoms with Crippen molar-refractivity contribution < 1.29 is 21.6 Å². The summed E-state index contributed by atoms with van der Waals surface area (Å²) in [5.74, 6) is -1.06. The van der Waals surface area contributed by atoms with Crippen LogP contribution in [0.2, 0.25) is 0 Å². The second kappa shape index (κ2) is 7.06. The molecule has 0 saturated carbocycles. The average molecular weight is 263 g/mol. The molecule has 0 fully saturated rings. The molecule has 74 valence electrons. The summed E-state index contributed by atoms with van der Waals surface area (Å²) in [4.78, 5) is 20.6. The van der Waals surface area contributed by atoms with E-state index in [4.69, 9.17) is 7.67 Å². The van der Waals surface area contributed by atoms with Crippen molar-refractivity contribution in [1.82, 2.24) is 0 Å². The van der Waals surface area contributed by atoms with Crippen LogP contribution in [0.25, 0.3) is 0 Å². The zero-order valence-corrected chi connectivity index (χ0v) is 8.52. The molecule has 0 saturated heterocycles. The van der Waals surface area contributed by atoms with Crippen molar-refractivity contribution in [3.05, 3.63) is 35.6 Å². The van der Waals surface area contributed by atoms with Gasteiger partial charge in [0.15, 0.2) is 6.29 Å². The van der Waals surface area contributed by atoms with Gasteiger partial charge in [0.1, 0.15) is 5.82 Å². The number of carbonyl (C=O) groups is 2. The van der Waals surface area contributed by atoms with E-state index in [2.05, 4.69) is 0 Å². The van der Waals surface area contributed by atoms with Gasteiger partial charge in [-0.2, -0.15) is 0 Å². The van der Waals surface area contributed by atoms with Crippen LogP contribution < -0.4 is 0 Å². The molecule has 0 radical (unpaired) electrons. The van der Waals surface area contributed by atoms with Crippen LogP contribution in [0, 0.1) is 5.82 Å². The molecular formula is C8H5FO4Se. The van der Waals surface area contributed by atoms with Gasteiger partial charge in [-0.3, -0.25) is 9.59 Å². The second-order valence-corrected chi connectivity index (χ2v) is 2.34. The van der Waals surface area contributed by atoms with E-state index in [0.717, 1.165) is 12.1 Å². The molecule has 0 aliphatic heterocycles. The molecule has 0 atom stereocenters. The monoisotopic (exact) mass is 264 g/mol. The van der Waals surface area contributed by atoms with E-state index >= 15 is 0 Å². The van der Waals surface area contributed by atoms with Gasteiger partial charge in [-0.1, -0.05) is 0 Å². The fourth-order valence-electron chi connectivity index (χ4n) is 0.682. The molecule has 1 aromatic rings. The molecule has 14 heavy (non-hydrogen) atoms. The van der Waals surface area contributed by atoms with Gasteiger partial charge in [0, 0.05) is 5.56 Å². The number of benzene rings is 1. The van der Waals surface area contributed by atoms with Crippen molar-refractivity contribution in [1.29, 1.82) is 0 Å². The van der Waals surface area contributed by atoms with Crippen LogP contribution in [0.1, 0.15) is 10.4 Å². The van der Waals surface area contributed by atoms with Gasteiger partial charge >= 0.3 is 22.5 Å². The van der Waals surface area contributed by atoms with Crippen LogP contribution in [0.15, 0.2) is 24.3 Å². The first kappa shape index (κ1) is 12.6. The maximum absolute atomic E-state index is 12.3. The van der Waals surface area contributed by atoms with Crippen LogP contribution in [-0.2, 0) is 12.5 Å². The van der Waals surface area contributed by atoms with Crippen LogP contribution in [0.4, 0.5) is 4.39 Å². The fourth-order valence-corrected chi connectivity index (χ4v) is 0.682. The molecule has 0 aliphatic rings. The summed E-state index contributed by atoms with van der Waals surface area (Å²) in [5, 5.41) is 0. The SMILES string of the molecule is O=CC(=O)c1ccc(F)cc1.O=[Se]=O. The van der Waals surface area contributed by atoms with Crippen molar-refractivity contribution in [2.45, 2.75) is 0 Å². The quantitative estimate of drug-likeness (QED) is 0.339. The number of halogens is 1. The normalized spacial score (nSPS) is 8.07. The Labute approximate surface area is 84.7 Å². The van der Waals surface area contributed by atoms with E-state index < -0.39 is 26.4 Å². The number of carbonyl (C=O) groups excluding carboxylic acids is 2. The average Bonchev–Trinajstić information content (AvgIpc) is 2.19. The first-order valence-corrected chi connectivity index (χ1v) is 4.72. The third-order valence-electron chi connectivity index (χ3n) is 1.24. The van der Waals surface area contributed by atoms with Crippen LogP contribution in [0.3, 0.4) is 0 Å². The van der Waals surface area contributed by atoms with E-state index in [9.17, 15) is 14.0 Å². The minimum absolute atomic E-state index is 0.202. The Kier molecular flexibility index (Phi) is 6.35. The van der Waals surface area contributed by atoms with Gasteiger partial charge in [-0.05, 0) is 24.3 Å². The van der Waals surface area contributed by atoms with E-state index in [1.54, 1.807) is 0 Å². The molecule has 0 aliphatic carbocycles. The van der Waals surface area contributed by atoms with Gasteiger partial charge in [-0.25, -0.2) is 4.39 Å². The molecule has 0 heterocycles. The van der Waals surface area contributed by atoms with Gasteiger partial charge in [0.2, 0.25) is 5.78 Å². The summed E-state index contributed by atoms with van der Waals surface area (Å²) < 4.78 is 29.1. The summed E-state index contributed by atoms with van der Waals surface area (Å²) in [7, 11) is 0. The number of hydrogen-bond donors (Lipinski definition) is 0. The standard InChI is InChI=1S/C8H5FO2.O2Se/c9-7-3-1-6(2-4-7)8(11)5-10;1-3-2/h1-5H;. The minimum atomic E-state index is -1.62. The van der Waals surface area contributed by atoms with Gasteiger partial charge in [0.05, 0.1) is 0 Å². The van der Waals surface area contributed by atoms with E-state index in [1.165, 1.54) is 12.1 Å². The predicted molar refractivity (Wildman–Crippen MR) is 43.9 cm³/mol. The molecule has 4 nitrogen and oxygen atoms in total. The Balaban J connectivity index is 0.000000500. The predicted octanol–water partition coefficient (Wildman–Crippen LogP) is 0.589. The number of ketones is 1. The summed E-state index contributed by atoms with van der Waals surface area (Å²) >= 11 is -1.62. The van der Waals surface area contributed by atoms with E-state index in [1.807, 2.05) is 0 Å². The van der Waals surface area contributed by atoms with Crippen molar-refractivity contribution in [2.75, 3.05) is 0 Å². The fraction of sp³-hybridized carbons (Fsp3) is 0. The van der Waals surface area contributed by atoms with E-state index in [-0.39, 0.29) is 11.8 Å². The van der Waals surface area contributed by atoms with Crippen molar-refractivity contribution >= 4 is 26.9 Å². The Morgan fingerprint density at radius 3 is 2.00 bits per heavy atom. The van der Waals surface area contributed by atoms with E-state index in [0.29, 0.717) is 0 Å². The molecule has 0 unspecified atom stereocenters. The number of aldehydes is 1. The van der Waals surface area contributed by atoms with Gasteiger partial charge < -0.3 is 0 Å². The second-order valence-electron chi connectivity index (χ2n) is 2.06. The Morgan fingerprint density at radius 1 is 1.21 bits per heavy atom. The summed E-state index contributed by atoms with van der Waals surface area (Å²) in [6.07, 6.45) is 0.202. The number of rotatable bonds is 2. The first-order chi connectivity index (χ1) is 6.65. The van der Waals surface area contributed by atoms with Gasteiger partial charge in [-0.15, -0.1) is 0 Å². The molecule has 0 bridgehead atoms. The Morgan fingerprint density at radius 2 is 1.64 bits per heavy atom. The zero-order valence-electron chi connectivity index (χ0n) is 6.81. The third kappa shape index (κ3) is 4.59. The molecule has 0 N–H and O–H groups in total. The molecule has 0 aromatic heterocycles. The Hall–Kier alpha value is -1.39. The first-order valence-electron chi connectivity index (χ1n) is 3.32. The topological polar surface area (TPSA) is 68.3 Å². The van der Waals surface area contributed by atoms with Crippen LogP contribution in [0.5, 0.6) is 0 Å². The molecule has 1 aromatic carbocycles. The van der Waals surface area contributed by atoms with Crippen molar-refractivity contribution in [3.8, 4) is 0 Å². The summed E-state index contributed by atoms with van der Waals surface area (Å²) in [6, 6.07) is 4.81. The molecule has 6 heteroatoms. The summed E-state index contributed by atoms with van der Waals surface area (Å²) in [6.45, 7) is 0. The summed E-state index contributed by atoms with van der Waals surface area (Å²) in [5.41, 5.74) is 0.210. The number of Topliss-reactive ketones (excluding diaryl/α,β-unsaturated/α-hetero) is 1. The maximum atomic E-state index is 12.3. The Bertz CT molecular complexity index is 354. The third-order valence-corrected chi connectivity index (χ3v) is 1.24. The van der Waals surface area contributed by atoms with Crippen LogP contribution in [-0.4, -0.2) is 26.9 Å². The van der Waals surface area contributed by atoms with Crippen molar-refractivity contribution in [2.24, 2.45) is 0 Å². The molecular weight excluding hydrogens is 258 g/mol.